The summed E-state index contributed by atoms with van der Waals surface area (Å²) in [6.45, 7) is 4.32. The molecule has 1 aromatic carbocycles. The molecule has 2 heterocycles. The predicted octanol–water partition coefficient (Wildman–Crippen LogP) is 1.09. The Morgan fingerprint density at radius 3 is 2.75 bits per heavy atom. The summed E-state index contributed by atoms with van der Waals surface area (Å²) in [7, 11) is 1.33. The van der Waals surface area contributed by atoms with Crippen molar-refractivity contribution in [2.45, 2.75) is 6.54 Å². The van der Waals surface area contributed by atoms with Crippen molar-refractivity contribution in [2.24, 2.45) is 0 Å². The van der Waals surface area contributed by atoms with Crippen LogP contribution in [0.2, 0.25) is 0 Å². The van der Waals surface area contributed by atoms with Crippen LogP contribution < -0.4 is 15.8 Å². The van der Waals surface area contributed by atoms with Gasteiger partial charge in [-0.25, -0.2) is 4.79 Å². The molecule has 24 heavy (non-hydrogen) atoms. The third-order valence-corrected chi connectivity index (χ3v) is 4.15. The first-order valence-corrected chi connectivity index (χ1v) is 8.01. The highest BCUT2D eigenvalue weighted by Crippen LogP contribution is 2.17. The molecule has 1 N–H and O–H groups in total. The van der Waals surface area contributed by atoms with E-state index >= 15 is 0 Å². The first-order chi connectivity index (χ1) is 11.7. The molecule has 2 aromatic rings. The summed E-state index contributed by atoms with van der Waals surface area (Å²) in [4.78, 5) is 26.0. The third kappa shape index (κ3) is 3.65. The van der Waals surface area contributed by atoms with Crippen molar-refractivity contribution in [1.29, 1.82) is 0 Å². The number of carbonyl (C=O) groups excluding carboxylic acids is 1. The van der Waals surface area contributed by atoms with Gasteiger partial charge in [0.2, 0.25) is 0 Å². The lowest BCUT2D eigenvalue weighted by Crippen LogP contribution is -2.43. The average molecular weight is 327 g/mol. The Bertz CT molecular complexity index is 779. The van der Waals surface area contributed by atoms with Crippen LogP contribution in [-0.2, 0) is 11.3 Å². The van der Waals surface area contributed by atoms with E-state index in [9.17, 15) is 9.59 Å². The highest BCUT2D eigenvalue weighted by molar-refractivity contribution is 5.88. The van der Waals surface area contributed by atoms with Crippen LogP contribution in [0.3, 0.4) is 0 Å². The van der Waals surface area contributed by atoms with Crippen molar-refractivity contribution < 1.29 is 9.53 Å². The van der Waals surface area contributed by atoms with Gasteiger partial charge in [0.15, 0.2) is 0 Å². The number of piperazine rings is 1. The van der Waals surface area contributed by atoms with Gasteiger partial charge in [-0.1, -0.05) is 12.1 Å². The largest absolute Gasteiger partial charge is 0.465 e. The highest BCUT2D eigenvalue weighted by Gasteiger charge is 2.11. The number of benzene rings is 1. The zero-order valence-corrected chi connectivity index (χ0v) is 13.7. The number of hydrogen-bond donors (Lipinski definition) is 1. The molecule has 0 unspecified atom stereocenters. The second-order valence-electron chi connectivity index (χ2n) is 5.78. The van der Waals surface area contributed by atoms with Crippen LogP contribution in [-0.4, -0.2) is 43.8 Å². The normalized spacial score (nSPS) is 14.5. The van der Waals surface area contributed by atoms with Crippen LogP contribution in [0.25, 0.3) is 0 Å². The van der Waals surface area contributed by atoms with Crippen LogP contribution >= 0.6 is 0 Å². The van der Waals surface area contributed by atoms with E-state index in [2.05, 4.69) is 22.3 Å². The monoisotopic (exact) mass is 327 g/mol. The number of hydrogen-bond acceptors (Lipinski definition) is 5. The van der Waals surface area contributed by atoms with Crippen molar-refractivity contribution in [3.8, 4) is 0 Å². The molecular weight excluding hydrogens is 306 g/mol. The molecule has 6 nitrogen and oxygen atoms in total. The number of aromatic nitrogens is 1. The van der Waals surface area contributed by atoms with Crippen LogP contribution in [0.4, 0.5) is 5.69 Å². The minimum atomic E-state index is -0.446. The Morgan fingerprint density at radius 2 is 2.00 bits per heavy atom. The van der Waals surface area contributed by atoms with Gasteiger partial charge in [0.05, 0.1) is 19.2 Å². The molecule has 3 rings (SSSR count). The number of carbonyl (C=O) groups is 1. The number of nitrogens with one attached hydrogen (secondary N) is 1. The standard InChI is InChI=1S/C18H21N3O3/c1-24-18(23)15-5-6-17(22)21(13-15)12-14-3-2-4-16(11-14)20-9-7-19-8-10-20/h2-6,11,13,19H,7-10,12H2,1H3. The van der Waals surface area contributed by atoms with Crippen molar-refractivity contribution in [3.05, 3.63) is 64.1 Å². The molecule has 1 fully saturated rings. The van der Waals surface area contributed by atoms with Crippen LogP contribution in [0, 0.1) is 0 Å². The van der Waals surface area contributed by atoms with Gasteiger partial charge in [-0.05, 0) is 23.8 Å². The van der Waals surface area contributed by atoms with E-state index in [0.29, 0.717) is 12.1 Å². The number of nitrogens with zero attached hydrogens (tertiary/aromatic N) is 2. The van der Waals surface area contributed by atoms with Crippen LogP contribution in [0.5, 0.6) is 0 Å². The molecule has 0 bridgehead atoms. The Hall–Kier alpha value is -2.60. The Labute approximate surface area is 140 Å². The minimum Gasteiger partial charge on any atom is -0.465 e. The molecule has 6 heteroatoms. The van der Waals surface area contributed by atoms with Gasteiger partial charge in [-0.2, -0.15) is 0 Å². The molecule has 1 aromatic heterocycles. The second-order valence-corrected chi connectivity index (χ2v) is 5.78. The van der Waals surface area contributed by atoms with Gasteiger partial charge < -0.3 is 19.5 Å². The van der Waals surface area contributed by atoms with Crippen molar-refractivity contribution >= 4 is 11.7 Å². The number of pyridine rings is 1. The van der Waals surface area contributed by atoms with E-state index in [0.717, 1.165) is 37.4 Å². The van der Waals surface area contributed by atoms with E-state index in [4.69, 9.17) is 4.74 Å². The van der Waals surface area contributed by atoms with Gasteiger partial charge in [0.25, 0.3) is 5.56 Å². The Balaban J connectivity index is 1.83. The number of ether oxygens (including phenoxy) is 1. The molecule has 1 aliphatic heterocycles. The molecule has 0 amide bonds. The number of esters is 1. The molecular formula is C18H21N3O3. The summed E-state index contributed by atoms with van der Waals surface area (Å²) in [6, 6.07) is 11.1. The summed E-state index contributed by atoms with van der Waals surface area (Å²) in [5, 5.41) is 3.34. The lowest BCUT2D eigenvalue weighted by atomic mass is 10.1. The zero-order chi connectivity index (χ0) is 16.9. The van der Waals surface area contributed by atoms with Gasteiger partial charge in [0.1, 0.15) is 0 Å². The van der Waals surface area contributed by atoms with Gasteiger partial charge >= 0.3 is 5.97 Å². The summed E-state index contributed by atoms with van der Waals surface area (Å²) >= 11 is 0. The van der Waals surface area contributed by atoms with Crippen molar-refractivity contribution in [3.63, 3.8) is 0 Å². The van der Waals surface area contributed by atoms with Crippen LogP contribution in [0.1, 0.15) is 15.9 Å². The summed E-state index contributed by atoms with van der Waals surface area (Å²) < 4.78 is 6.24. The maximum Gasteiger partial charge on any atom is 0.339 e. The average Bonchev–Trinajstić information content (AvgIpc) is 2.64. The molecule has 0 radical (unpaired) electrons. The fourth-order valence-electron chi connectivity index (χ4n) is 2.86. The SMILES string of the molecule is COC(=O)c1ccc(=O)n(Cc2cccc(N3CCNCC3)c2)c1. The van der Waals surface area contributed by atoms with Crippen LogP contribution in [0.15, 0.2) is 47.4 Å². The summed E-state index contributed by atoms with van der Waals surface area (Å²) in [5.74, 6) is -0.446. The third-order valence-electron chi connectivity index (χ3n) is 4.15. The fourth-order valence-corrected chi connectivity index (χ4v) is 2.86. The molecule has 0 aliphatic carbocycles. The zero-order valence-electron chi connectivity index (χ0n) is 13.7. The Kier molecular flexibility index (Phi) is 4.96. The Morgan fingerprint density at radius 1 is 1.21 bits per heavy atom. The molecule has 0 atom stereocenters. The highest BCUT2D eigenvalue weighted by atomic mass is 16.5. The van der Waals surface area contributed by atoms with Crippen molar-refractivity contribution in [2.75, 3.05) is 38.2 Å². The van der Waals surface area contributed by atoms with Gasteiger partial charge in [0, 0.05) is 44.1 Å². The lowest BCUT2D eigenvalue weighted by molar-refractivity contribution is 0.0599. The van der Waals surface area contributed by atoms with E-state index < -0.39 is 5.97 Å². The smallest absolute Gasteiger partial charge is 0.339 e. The molecule has 0 saturated carbocycles. The molecule has 1 aliphatic rings. The minimum absolute atomic E-state index is 0.143. The van der Waals surface area contributed by atoms with E-state index in [1.165, 1.54) is 23.8 Å². The van der Waals surface area contributed by atoms with Gasteiger partial charge in [-0.3, -0.25) is 4.79 Å². The quantitative estimate of drug-likeness (QED) is 0.852. The number of anilines is 1. The van der Waals surface area contributed by atoms with E-state index in [1.807, 2.05) is 12.1 Å². The maximum atomic E-state index is 12.1. The molecule has 0 spiro atoms. The van der Waals surface area contributed by atoms with Gasteiger partial charge in [-0.15, -0.1) is 0 Å². The van der Waals surface area contributed by atoms with E-state index in [-0.39, 0.29) is 5.56 Å². The maximum absolute atomic E-state index is 12.1. The summed E-state index contributed by atoms with van der Waals surface area (Å²) in [5.41, 5.74) is 2.41. The molecule has 126 valence electrons. The number of rotatable bonds is 4. The lowest BCUT2D eigenvalue weighted by Gasteiger charge is -2.29. The fraction of sp³-hybridized carbons (Fsp3) is 0.333. The molecule has 1 saturated heterocycles. The first-order valence-electron chi connectivity index (χ1n) is 8.01. The summed E-state index contributed by atoms with van der Waals surface area (Å²) in [6.07, 6.45) is 1.55. The topological polar surface area (TPSA) is 63.6 Å². The second kappa shape index (κ2) is 7.31. The predicted molar refractivity (Wildman–Crippen MR) is 92.7 cm³/mol. The number of methoxy groups -OCH3 is 1. The van der Waals surface area contributed by atoms with E-state index in [1.54, 1.807) is 6.20 Å². The first kappa shape index (κ1) is 16.3. The van der Waals surface area contributed by atoms with Crippen molar-refractivity contribution in [1.82, 2.24) is 9.88 Å².